The molecule has 1 aromatic heterocycles. The van der Waals surface area contributed by atoms with E-state index in [4.69, 9.17) is 5.11 Å². The molecular formula is C10H15N3O3S. The molecule has 94 valence electrons. The van der Waals surface area contributed by atoms with Crippen molar-refractivity contribution in [1.29, 1.82) is 0 Å². The average molecular weight is 257 g/mol. The predicted octanol–water partition coefficient (Wildman–Crippen LogP) is 1.03. The lowest BCUT2D eigenvalue weighted by molar-refractivity contribution is -0.143. The predicted molar refractivity (Wildman–Crippen MR) is 63.0 cm³/mol. The Kier molecular flexibility index (Phi) is 4.17. The van der Waals surface area contributed by atoms with Crippen LogP contribution in [0.4, 0.5) is 0 Å². The first kappa shape index (κ1) is 13.6. The first-order valence-electron chi connectivity index (χ1n) is 5.15. The van der Waals surface area contributed by atoms with Gasteiger partial charge in [0.1, 0.15) is 10.9 Å². The molecule has 7 heteroatoms. The zero-order valence-electron chi connectivity index (χ0n) is 10.2. The van der Waals surface area contributed by atoms with Crippen LogP contribution < -0.4 is 0 Å². The zero-order valence-corrected chi connectivity index (χ0v) is 11.0. The molecular weight excluding hydrogens is 242 g/mol. The quantitative estimate of drug-likeness (QED) is 0.871. The number of rotatable bonds is 4. The molecule has 0 saturated heterocycles. The van der Waals surface area contributed by atoms with Gasteiger partial charge in [0, 0.05) is 7.05 Å². The van der Waals surface area contributed by atoms with Gasteiger partial charge < -0.3 is 10.0 Å². The van der Waals surface area contributed by atoms with Gasteiger partial charge in [-0.3, -0.25) is 4.79 Å². The summed E-state index contributed by atoms with van der Waals surface area (Å²) in [7, 11) is 1.49. The third-order valence-electron chi connectivity index (χ3n) is 2.47. The lowest BCUT2D eigenvalue weighted by Gasteiger charge is -2.27. The zero-order chi connectivity index (χ0) is 13.2. The van der Waals surface area contributed by atoms with Crippen LogP contribution in [0.15, 0.2) is 0 Å². The van der Waals surface area contributed by atoms with Crippen molar-refractivity contribution in [2.24, 2.45) is 5.92 Å². The molecule has 1 aromatic rings. The molecule has 0 aliphatic heterocycles. The Balaban J connectivity index is 2.96. The maximum Gasteiger partial charge on any atom is 0.326 e. The summed E-state index contributed by atoms with van der Waals surface area (Å²) >= 11 is 0.982. The fourth-order valence-corrected chi connectivity index (χ4v) is 2.25. The van der Waals surface area contributed by atoms with E-state index in [1.54, 1.807) is 20.8 Å². The second-order valence-electron chi connectivity index (χ2n) is 4.13. The lowest BCUT2D eigenvalue weighted by atomic mass is 10.0. The number of hydrogen-bond donors (Lipinski definition) is 1. The number of carbonyl (C=O) groups excluding carboxylic acids is 1. The Bertz CT molecular complexity index is 430. The van der Waals surface area contributed by atoms with Crippen LogP contribution in [0.5, 0.6) is 0 Å². The number of aliphatic carboxylic acids is 1. The minimum atomic E-state index is -1.01. The minimum Gasteiger partial charge on any atom is -0.480 e. The molecule has 6 nitrogen and oxygen atoms in total. The summed E-state index contributed by atoms with van der Waals surface area (Å²) in [6.07, 6.45) is 0. The summed E-state index contributed by atoms with van der Waals surface area (Å²) in [6.45, 7) is 5.20. The highest BCUT2D eigenvalue weighted by Gasteiger charge is 2.31. The van der Waals surface area contributed by atoms with Crippen molar-refractivity contribution in [2.75, 3.05) is 7.05 Å². The molecule has 1 N–H and O–H groups in total. The van der Waals surface area contributed by atoms with Gasteiger partial charge in [-0.15, -0.1) is 5.10 Å². The highest BCUT2D eigenvalue weighted by atomic mass is 32.1. The van der Waals surface area contributed by atoms with Crippen LogP contribution >= 0.6 is 11.5 Å². The van der Waals surface area contributed by atoms with Gasteiger partial charge in [0.15, 0.2) is 0 Å². The Hall–Kier alpha value is -1.50. The van der Waals surface area contributed by atoms with Gasteiger partial charge in [-0.05, 0) is 24.4 Å². The topological polar surface area (TPSA) is 83.4 Å². The van der Waals surface area contributed by atoms with E-state index in [0.29, 0.717) is 10.6 Å². The Morgan fingerprint density at radius 1 is 1.41 bits per heavy atom. The number of aryl methyl sites for hydroxylation is 1. The summed E-state index contributed by atoms with van der Waals surface area (Å²) in [5, 5.41) is 12.9. The molecule has 1 heterocycles. The number of hydrogen-bond acceptors (Lipinski definition) is 5. The summed E-state index contributed by atoms with van der Waals surface area (Å²) in [6, 6.07) is -0.844. The number of amides is 1. The van der Waals surface area contributed by atoms with Crippen molar-refractivity contribution in [3.8, 4) is 0 Å². The van der Waals surface area contributed by atoms with Crippen LogP contribution in [-0.4, -0.2) is 44.6 Å². The van der Waals surface area contributed by atoms with Gasteiger partial charge >= 0.3 is 5.97 Å². The van der Waals surface area contributed by atoms with E-state index >= 15 is 0 Å². The SMILES string of the molecule is Cc1nnsc1C(=O)N(C)C(C(=O)O)C(C)C. The first-order chi connectivity index (χ1) is 7.86. The molecule has 1 atom stereocenters. The van der Waals surface area contributed by atoms with Crippen molar-refractivity contribution in [1.82, 2.24) is 14.5 Å². The smallest absolute Gasteiger partial charge is 0.326 e. The fraction of sp³-hybridized carbons (Fsp3) is 0.600. The minimum absolute atomic E-state index is 0.164. The van der Waals surface area contributed by atoms with E-state index in [2.05, 4.69) is 9.59 Å². The Morgan fingerprint density at radius 3 is 2.35 bits per heavy atom. The van der Waals surface area contributed by atoms with E-state index < -0.39 is 12.0 Å². The van der Waals surface area contributed by atoms with Crippen molar-refractivity contribution in [3.63, 3.8) is 0 Å². The normalized spacial score (nSPS) is 12.5. The molecule has 17 heavy (non-hydrogen) atoms. The second-order valence-corrected chi connectivity index (χ2v) is 4.88. The van der Waals surface area contributed by atoms with Crippen molar-refractivity contribution < 1.29 is 14.7 Å². The van der Waals surface area contributed by atoms with Crippen LogP contribution in [0, 0.1) is 12.8 Å². The molecule has 0 saturated carbocycles. The molecule has 0 spiro atoms. The highest BCUT2D eigenvalue weighted by molar-refractivity contribution is 7.07. The van der Waals surface area contributed by atoms with E-state index in [1.165, 1.54) is 11.9 Å². The maximum absolute atomic E-state index is 12.1. The van der Waals surface area contributed by atoms with Gasteiger partial charge in [0.05, 0.1) is 5.69 Å². The third kappa shape index (κ3) is 2.79. The second kappa shape index (κ2) is 5.22. The van der Waals surface area contributed by atoms with Gasteiger partial charge in [0.25, 0.3) is 5.91 Å². The Morgan fingerprint density at radius 2 is 2.00 bits per heavy atom. The molecule has 1 unspecified atom stereocenters. The third-order valence-corrected chi connectivity index (χ3v) is 3.28. The first-order valence-corrected chi connectivity index (χ1v) is 5.92. The molecule has 0 bridgehead atoms. The van der Waals surface area contributed by atoms with Crippen molar-refractivity contribution >= 4 is 23.4 Å². The van der Waals surface area contributed by atoms with Crippen LogP contribution in [0.1, 0.15) is 29.2 Å². The molecule has 0 aromatic carbocycles. The van der Waals surface area contributed by atoms with Crippen molar-refractivity contribution in [2.45, 2.75) is 26.8 Å². The van der Waals surface area contributed by atoms with Gasteiger partial charge in [-0.1, -0.05) is 18.3 Å². The molecule has 0 aliphatic carbocycles. The molecule has 0 fully saturated rings. The Labute approximate surface area is 103 Å². The standard InChI is InChI=1S/C10H15N3O3S/c1-5(2)7(10(15)16)13(4)9(14)8-6(3)11-12-17-8/h5,7H,1-4H3,(H,15,16). The largest absolute Gasteiger partial charge is 0.480 e. The van der Waals surface area contributed by atoms with E-state index in [-0.39, 0.29) is 11.8 Å². The highest BCUT2D eigenvalue weighted by Crippen LogP contribution is 2.17. The summed E-state index contributed by atoms with van der Waals surface area (Å²) in [5.74, 6) is -1.52. The fourth-order valence-electron chi connectivity index (χ4n) is 1.61. The molecule has 0 aliphatic rings. The van der Waals surface area contributed by atoms with E-state index in [0.717, 1.165) is 11.5 Å². The van der Waals surface area contributed by atoms with Crippen LogP contribution in [0.25, 0.3) is 0 Å². The summed E-state index contributed by atoms with van der Waals surface area (Å²) in [5.41, 5.74) is 0.528. The van der Waals surface area contributed by atoms with Crippen LogP contribution in [0.2, 0.25) is 0 Å². The number of carbonyl (C=O) groups is 2. The number of nitrogens with zero attached hydrogens (tertiary/aromatic N) is 3. The summed E-state index contributed by atoms with van der Waals surface area (Å²) in [4.78, 5) is 24.8. The molecule has 1 amide bonds. The van der Waals surface area contributed by atoms with Crippen molar-refractivity contribution in [3.05, 3.63) is 10.6 Å². The molecule has 1 rings (SSSR count). The number of carboxylic acids is 1. The number of aromatic nitrogens is 2. The maximum atomic E-state index is 12.1. The van der Waals surface area contributed by atoms with Gasteiger partial charge in [-0.25, -0.2) is 4.79 Å². The van der Waals surface area contributed by atoms with Gasteiger partial charge in [-0.2, -0.15) is 0 Å². The number of carboxylic acid groups (broad SMARTS) is 1. The van der Waals surface area contributed by atoms with Crippen LogP contribution in [0.3, 0.4) is 0 Å². The van der Waals surface area contributed by atoms with Crippen LogP contribution in [-0.2, 0) is 4.79 Å². The van der Waals surface area contributed by atoms with Gasteiger partial charge in [0.2, 0.25) is 0 Å². The lowest BCUT2D eigenvalue weighted by Crippen LogP contribution is -2.45. The van der Waals surface area contributed by atoms with E-state index in [9.17, 15) is 9.59 Å². The average Bonchev–Trinajstić information content (AvgIpc) is 2.62. The number of likely N-dealkylation sites (N-methyl/N-ethyl adjacent to an activating group) is 1. The monoisotopic (exact) mass is 257 g/mol. The molecule has 0 radical (unpaired) electrons. The summed E-state index contributed by atoms with van der Waals surface area (Å²) < 4.78 is 3.67. The van der Waals surface area contributed by atoms with E-state index in [1.807, 2.05) is 0 Å².